The number of nitrogens with zero attached hydrogens (tertiary/aromatic N) is 1. The highest BCUT2D eigenvalue weighted by Crippen LogP contribution is 2.22. The fourth-order valence-corrected chi connectivity index (χ4v) is 2.09. The summed E-state index contributed by atoms with van der Waals surface area (Å²) >= 11 is 1.62. The van der Waals surface area contributed by atoms with Crippen LogP contribution in [0.15, 0.2) is 23.6 Å². The van der Waals surface area contributed by atoms with Gasteiger partial charge in [0.1, 0.15) is 0 Å². The number of carbonyl (C=O) groups excluding carboxylic acids is 1. The maximum Gasteiger partial charge on any atom is 0.271 e. The lowest BCUT2D eigenvalue weighted by Crippen LogP contribution is -2.32. The first-order chi connectivity index (χ1) is 8.20. The number of rotatable bonds is 4. The first kappa shape index (κ1) is 11.9. The van der Waals surface area contributed by atoms with Crippen molar-refractivity contribution < 1.29 is 4.79 Å². The number of thiophene rings is 1. The minimum atomic E-state index is -0.126. The Morgan fingerprint density at radius 3 is 3.12 bits per heavy atom. The molecular weight excluding hydrogens is 234 g/mol. The molecule has 0 aliphatic carbocycles. The number of carbonyl (C=O) groups is 1. The van der Waals surface area contributed by atoms with Crippen LogP contribution in [0.2, 0.25) is 0 Å². The van der Waals surface area contributed by atoms with Gasteiger partial charge in [-0.2, -0.15) is 5.10 Å². The van der Waals surface area contributed by atoms with Crippen LogP contribution in [0.3, 0.4) is 0 Å². The average Bonchev–Trinajstić information content (AvgIpc) is 2.98. The SMILES string of the molecule is CC[C@@H](C)NC(=O)c1cc(-c2cccs2)[nH]n1. The maximum absolute atomic E-state index is 11.8. The summed E-state index contributed by atoms with van der Waals surface area (Å²) in [5.74, 6) is -0.126. The summed E-state index contributed by atoms with van der Waals surface area (Å²) in [5.41, 5.74) is 1.32. The molecule has 2 aromatic rings. The third-order valence-electron chi connectivity index (χ3n) is 2.59. The van der Waals surface area contributed by atoms with Crippen molar-refractivity contribution in [3.63, 3.8) is 0 Å². The zero-order valence-electron chi connectivity index (χ0n) is 9.86. The summed E-state index contributed by atoms with van der Waals surface area (Å²) in [6.45, 7) is 4.01. The summed E-state index contributed by atoms with van der Waals surface area (Å²) in [6.07, 6.45) is 0.911. The van der Waals surface area contributed by atoms with Gasteiger partial charge in [-0.1, -0.05) is 13.0 Å². The Kier molecular flexibility index (Phi) is 3.58. The van der Waals surface area contributed by atoms with Crippen LogP contribution in [0.5, 0.6) is 0 Å². The highest BCUT2D eigenvalue weighted by molar-refractivity contribution is 7.13. The molecule has 2 aromatic heterocycles. The Labute approximate surface area is 104 Å². The van der Waals surface area contributed by atoms with Crippen molar-refractivity contribution in [3.05, 3.63) is 29.3 Å². The highest BCUT2D eigenvalue weighted by atomic mass is 32.1. The number of hydrogen-bond acceptors (Lipinski definition) is 3. The molecule has 0 bridgehead atoms. The Balaban J connectivity index is 2.11. The van der Waals surface area contributed by atoms with Crippen molar-refractivity contribution in [2.45, 2.75) is 26.3 Å². The van der Waals surface area contributed by atoms with E-state index in [9.17, 15) is 4.79 Å². The van der Waals surface area contributed by atoms with Gasteiger partial charge in [0.15, 0.2) is 5.69 Å². The van der Waals surface area contributed by atoms with Crippen molar-refractivity contribution in [2.75, 3.05) is 0 Å². The van der Waals surface area contributed by atoms with Crippen LogP contribution in [0.4, 0.5) is 0 Å². The second-order valence-corrected chi connectivity index (χ2v) is 4.87. The van der Waals surface area contributed by atoms with Crippen LogP contribution in [-0.2, 0) is 0 Å². The number of nitrogens with one attached hydrogen (secondary N) is 2. The topological polar surface area (TPSA) is 57.8 Å². The maximum atomic E-state index is 11.8. The van der Waals surface area contributed by atoms with E-state index in [4.69, 9.17) is 0 Å². The van der Waals surface area contributed by atoms with E-state index in [1.165, 1.54) is 0 Å². The molecule has 0 aliphatic heterocycles. The van der Waals surface area contributed by atoms with Crippen LogP contribution < -0.4 is 5.32 Å². The molecule has 0 saturated heterocycles. The third-order valence-corrected chi connectivity index (χ3v) is 3.49. The van der Waals surface area contributed by atoms with Gasteiger partial charge in [0.25, 0.3) is 5.91 Å². The predicted octanol–water partition coefficient (Wildman–Crippen LogP) is 2.67. The van der Waals surface area contributed by atoms with Crippen molar-refractivity contribution in [1.82, 2.24) is 15.5 Å². The molecule has 0 spiro atoms. The molecule has 2 N–H and O–H groups in total. The van der Waals surface area contributed by atoms with Crippen molar-refractivity contribution >= 4 is 17.2 Å². The fraction of sp³-hybridized carbons (Fsp3) is 0.333. The first-order valence-corrected chi connectivity index (χ1v) is 6.48. The zero-order valence-corrected chi connectivity index (χ0v) is 10.7. The predicted molar refractivity (Wildman–Crippen MR) is 69.1 cm³/mol. The van der Waals surface area contributed by atoms with E-state index in [0.29, 0.717) is 5.69 Å². The van der Waals surface area contributed by atoms with E-state index in [-0.39, 0.29) is 11.9 Å². The van der Waals surface area contributed by atoms with Crippen LogP contribution in [0.25, 0.3) is 10.6 Å². The van der Waals surface area contributed by atoms with Crippen molar-refractivity contribution in [2.24, 2.45) is 0 Å². The molecule has 0 radical (unpaired) electrons. The minimum Gasteiger partial charge on any atom is -0.348 e. The first-order valence-electron chi connectivity index (χ1n) is 5.61. The fourth-order valence-electron chi connectivity index (χ4n) is 1.40. The smallest absolute Gasteiger partial charge is 0.271 e. The summed E-state index contributed by atoms with van der Waals surface area (Å²) in [7, 11) is 0. The molecule has 0 fully saturated rings. The van der Waals surface area contributed by atoms with E-state index >= 15 is 0 Å². The van der Waals surface area contributed by atoms with Gasteiger partial charge in [0.05, 0.1) is 10.6 Å². The standard InChI is InChI=1S/C12H15N3OS/c1-3-8(2)13-12(16)10-7-9(14-15-10)11-5-4-6-17-11/h4-8H,3H2,1-2H3,(H,13,16)(H,14,15)/t8-/m1/s1. The summed E-state index contributed by atoms with van der Waals surface area (Å²) in [6, 6.07) is 5.92. The van der Waals surface area contributed by atoms with Crippen molar-refractivity contribution in [3.8, 4) is 10.6 Å². The van der Waals surface area contributed by atoms with Gasteiger partial charge in [-0.25, -0.2) is 0 Å². The molecule has 0 saturated carbocycles. The molecule has 0 aliphatic rings. The molecular formula is C12H15N3OS. The Bertz CT molecular complexity index is 490. The molecule has 5 heteroatoms. The summed E-state index contributed by atoms with van der Waals surface area (Å²) in [4.78, 5) is 12.9. The van der Waals surface area contributed by atoms with Gasteiger partial charge in [0.2, 0.25) is 0 Å². The highest BCUT2D eigenvalue weighted by Gasteiger charge is 2.13. The number of amides is 1. The average molecular weight is 249 g/mol. The largest absolute Gasteiger partial charge is 0.348 e. The van der Waals surface area contributed by atoms with Crippen LogP contribution in [0, 0.1) is 0 Å². The van der Waals surface area contributed by atoms with Crippen LogP contribution >= 0.6 is 11.3 Å². The summed E-state index contributed by atoms with van der Waals surface area (Å²) in [5, 5.41) is 11.8. The van der Waals surface area contributed by atoms with E-state index in [0.717, 1.165) is 17.0 Å². The zero-order chi connectivity index (χ0) is 12.3. The Morgan fingerprint density at radius 2 is 2.47 bits per heavy atom. The molecule has 2 rings (SSSR count). The van der Waals surface area contributed by atoms with Gasteiger partial charge in [-0.15, -0.1) is 11.3 Å². The second-order valence-electron chi connectivity index (χ2n) is 3.93. The van der Waals surface area contributed by atoms with Gasteiger partial charge >= 0.3 is 0 Å². The lowest BCUT2D eigenvalue weighted by atomic mass is 10.2. The quantitative estimate of drug-likeness (QED) is 0.875. The molecule has 1 amide bonds. The van der Waals surface area contributed by atoms with Crippen LogP contribution in [0.1, 0.15) is 30.8 Å². The molecule has 2 heterocycles. The van der Waals surface area contributed by atoms with Gasteiger partial charge in [0, 0.05) is 6.04 Å². The molecule has 0 aromatic carbocycles. The lowest BCUT2D eigenvalue weighted by Gasteiger charge is -2.08. The molecule has 0 unspecified atom stereocenters. The molecule has 90 valence electrons. The number of aromatic nitrogens is 2. The molecule has 4 nitrogen and oxygen atoms in total. The van der Waals surface area contributed by atoms with E-state index in [1.54, 1.807) is 17.4 Å². The van der Waals surface area contributed by atoms with Crippen molar-refractivity contribution in [1.29, 1.82) is 0 Å². The number of hydrogen-bond donors (Lipinski definition) is 2. The van der Waals surface area contributed by atoms with Gasteiger partial charge in [-0.05, 0) is 30.9 Å². The lowest BCUT2D eigenvalue weighted by molar-refractivity contribution is 0.0934. The Morgan fingerprint density at radius 1 is 1.65 bits per heavy atom. The van der Waals surface area contributed by atoms with Gasteiger partial charge in [-0.3, -0.25) is 9.89 Å². The number of H-pyrrole nitrogens is 1. The number of aromatic amines is 1. The Hall–Kier alpha value is -1.62. The van der Waals surface area contributed by atoms with Crippen LogP contribution in [-0.4, -0.2) is 22.1 Å². The second kappa shape index (κ2) is 5.14. The van der Waals surface area contributed by atoms with E-state index in [2.05, 4.69) is 15.5 Å². The molecule has 17 heavy (non-hydrogen) atoms. The summed E-state index contributed by atoms with van der Waals surface area (Å²) < 4.78 is 0. The normalized spacial score (nSPS) is 12.4. The third kappa shape index (κ3) is 2.74. The monoisotopic (exact) mass is 249 g/mol. The van der Waals surface area contributed by atoms with E-state index < -0.39 is 0 Å². The molecule has 1 atom stereocenters. The van der Waals surface area contributed by atoms with Gasteiger partial charge < -0.3 is 5.32 Å². The van der Waals surface area contributed by atoms with E-state index in [1.807, 2.05) is 31.4 Å². The minimum absolute atomic E-state index is 0.126.